The van der Waals surface area contributed by atoms with E-state index in [4.69, 9.17) is 11.6 Å². The molecule has 2 N–H and O–H groups in total. The second-order valence-electron chi connectivity index (χ2n) is 5.19. The van der Waals surface area contributed by atoms with Crippen molar-refractivity contribution in [2.24, 2.45) is 0 Å². The van der Waals surface area contributed by atoms with Crippen molar-refractivity contribution in [2.45, 2.75) is 6.92 Å². The van der Waals surface area contributed by atoms with Gasteiger partial charge in [0.15, 0.2) is 0 Å². The first kappa shape index (κ1) is 16.0. The van der Waals surface area contributed by atoms with E-state index >= 15 is 0 Å². The summed E-state index contributed by atoms with van der Waals surface area (Å²) in [5, 5.41) is 6.57. The molecule has 0 saturated heterocycles. The number of benzene rings is 2. The Kier molecular flexibility index (Phi) is 4.72. The molecule has 6 heteroatoms. The van der Waals surface area contributed by atoms with E-state index in [0.29, 0.717) is 10.8 Å². The van der Waals surface area contributed by atoms with Crippen LogP contribution in [0.15, 0.2) is 60.9 Å². The van der Waals surface area contributed by atoms with Crippen LogP contribution >= 0.6 is 11.6 Å². The Hall–Kier alpha value is -2.92. The Balaban J connectivity index is 1.77. The summed E-state index contributed by atoms with van der Waals surface area (Å²) in [6.45, 7) is 1.93. The van der Waals surface area contributed by atoms with Crippen molar-refractivity contribution < 1.29 is 4.79 Å². The molecule has 24 heavy (non-hydrogen) atoms. The molecule has 2 aromatic carbocycles. The zero-order valence-corrected chi connectivity index (χ0v) is 13.7. The summed E-state index contributed by atoms with van der Waals surface area (Å²) in [5.74, 6) is 0.225. The van der Waals surface area contributed by atoms with Crippen molar-refractivity contribution in [2.75, 3.05) is 10.6 Å². The molecule has 0 saturated carbocycles. The van der Waals surface area contributed by atoms with E-state index in [2.05, 4.69) is 20.6 Å². The number of anilines is 3. The molecular weight excluding hydrogens is 324 g/mol. The van der Waals surface area contributed by atoms with E-state index < -0.39 is 0 Å². The van der Waals surface area contributed by atoms with E-state index in [1.54, 1.807) is 18.2 Å². The zero-order chi connectivity index (χ0) is 16.9. The number of para-hydroxylation sites is 1. The number of hydrogen-bond acceptors (Lipinski definition) is 4. The summed E-state index contributed by atoms with van der Waals surface area (Å²) in [4.78, 5) is 20.5. The Labute approximate surface area is 144 Å². The van der Waals surface area contributed by atoms with Crippen LogP contribution in [0.1, 0.15) is 16.1 Å². The van der Waals surface area contributed by atoms with Crippen molar-refractivity contribution in [1.29, 1.82) is 0 Å². The summed E-state index contributed by atoms with van der Waals surface area (Å²) < 4.78 is 0. The molecule has 0 atom stereocenters. The molecule has 0 fully saturated rings. The molecule has 1 heterocycles. The van der Waals surface area contributed by atoms with Gasteiger partial charge in [0.25, 0.3) is 5.91 Å². The van der Waals surface area contributed by atoms with Crippen LogP contribution in [0.4, 0.5) is 17.2 Å². The van der Waals surface area contributed by atoms with Gasteiger partial charge in [-0.15, -0.1) is 0 Å². The van der Waals surface area contributed by atoms with E-state index in [-0.39, 0.29) is 11.6 Å². The van der Waals surface area contributed by atoms with Gasteiger partial charge in [0.05, 0.1) is 0 Å². The number of amides is 1. The van der Waals surface area contributed by atoms with Crippen LogP contribution in [0.2, 0.25) is 5.02 Å². The predicted molar refractivity (Wildman–Crippen MR) is 95.9 cm³/mol. The van der Waals surface area contributed by atoms with Crippen LogP contribution < -0.4 is 10.6 Å². The first-order valence-electron chi connectivity index (χ1n) is 7.33. The number of carbonyl (C=O) groups excluding carboxylic acids is 1. The molecule has 0 bridgehead atoms. The fourth-order valence-electron chi connectivity index (χ4n) is 2.16. The molecule has 0 aliphatic rings. The molecule has 5 nitrogen and oxygen atoms in total. The molecule has 120 valence electrons. The monoisotopic (exact) mass is 338 g/mol. The highest BCUT2D eigenvalue weighted by Crippen LogP contribution is 2.19. The van der Waals surface area contributed by atoms with E-state index in [0.717, 1.165) is 16.9 Å². The third-order valence-corrected chi connectivity index (χ3v) is 3.63. The van der Waals surface area contributed by atoms with Crippen LogP contribution in [0.25, 0.3) is 0 Å². The van der Waals surface area contributed by atoms with Gasteiger partial charge in [-0.2, -0.15) is 0 Å². The van der Waals surface area contributed by atoms with Crippen molar-refractivity contribution in [1.82, 2.24) is 9.97 Å². The van der Waals surface area contributed by atoms with Gasteiger partial charge in [-0.3, -0.25) is 4.79 Å². The fraction of sp³-hybridized carbons (Fsp3) is 0.0556. The van der Waals surface area contributed by atoms with Crippen molar-refractivity contribution in [3.8, 4) is 0 Å². The molecule has 1 aromatic heterocycles. The number of nitrogens with zero attached hydrogens (tertiary/aromatic N) is 2. The van der Waals surface area contributed by atoms with Crippen LogP contribution in [0.5, 0.6) is 0 Å². The van der Waals surface area contributed by atoms with Gasteiger partial charge in [0.1, 0.15) is 17.8 Å². The SMILES string of the molecule is Cc1ccccc1NC(=O)c1cc(Nc2cccc(Cl)c2)ncn1. The van der Waals surface area contributed by atoms with E-state index in [1.165, 1.54) is 6.33 Å². The first-order chi connectivity index (χ1) is 11.6. The predicted octanol–water partition coefficient (Wildman–Crippen LogP) is 4.43. The average molecular weight is 339 g/mol. The molecule has 0 aliphatic carbocycles. The lowest BCUT2D eigenvalue weighted by Gasteiger charge is -2.09. The fourth-order valence-corrected chi connectivity index (χ4v) is 2.35. The summed E-state index contributed by atoms with van der Waals surface area (Å²) in [6, 6.07) is 16.4. The maximum atomic E-state index is 12.4. The maximum absolute atomic E-state index is 12.4. The minimum absolute atomic E-state index is 0.276. The third-order valence-electron chi connectivity index (χ3n) is 3.39. The molecule has 3 rings (SSSR count). The largest absolute Gasteiger partial charge is 0.340 e. The number of aryl methyl sites for hydroxylation is 1. The lowest BCUT2D eigenvalue weighted by Crippen LogP contribution is -2.15. The summed E-state index contributed by atoms with van der Waals surface area (Å²) in [5.41, 5.74) is 2.80. The lowest BCUT2D eigenvalue weighted by molar-refractivity contribution is 0.102. The molecule has 0 unspecified atom stereocenters. The van der Waals surface area contributed by atoms with Gasteiger partial charge in [0.2, 0.25) is 0 Å². The second-order valence-corrected chi connectivity index (χ2v) is 5.63. The Bertz CT molecular complexity index is 882. The third kappa shape index (κ3) is 3.88. The molecule has 1 amide bonds. The minimum Gasteiger partial charge on any atom is -0.340 e. The lowest BCUT2D eigenvalue weighted by atomic mass is 10.2. The summed E-state index contributed by atoms with van der Waals surface area (Å²) in [6.07, 6.45) is 1.35. The first-order valence-corrected chi connectivity index (χ1v) is 7.71. The van der Waals surface area contributed by atoms with Gasteiger partial charge in [-0.1, -0.05) is 35.9 Å². The van der Waals surface area contributed by atoms with Gasteiger partial charge in [0, 0.05) is 22.5 Å². The zero-order valence-electron chi connectivity index (χ0n) is 13.0. The van der Waals surface area contributed by atoms with Gasteiger partial charge < -0.3 is 10.6 Å². The second kappa shape index (κ2) is 7.10. The highest BCUT2D eigenvalue weighted by Gasteiger charge is 2.10. The number of carbonyl (C=O) groups is 1. The Morgan fingerprint density at radius 1 is 1.04 bits per heavy atom. The molecule has 3 aromatic rings. The van der Waals surface area contributed by atoms with Crippen LogP contribution in [-0.4, -0.2) is 15.9 Å². The van der Waals surface area contributed by atoms with Crippen LogP contribution in [0.3, 0.4) is 0 Å². The number of aromatic nitrogens is 2. The van der Waals surface area contributed by atoms with Crippen LogP contribution in [0, 0.1) is 6.92 Å². The van der Waals surface area contributed by atoms with E-state index in [9.17, 15) is 4.79 Å². The van der Waals surface area contributed by atoms with Gasteiger partial charge >= 0.3 is 0 Å². The normalized spacial score (nSPS) is 10.2. The summed E-state index contributed by atoms with van der Waals surface area (Å²) >= 11 is 5.96. The number of nitrogens with one attached hydrogen (secondary N) is 2. The molecular formula is C18H15ClN4O. The van der Waals surface area contributed by atoms with Gasteiger partial charge in [-0.05, 0) is 36.8 Å². The highest BCUT2D eigenvalue weighted by molar-refractivity contribution is 6.30. The number of halogens is 1. The van der Waals surface area contributed by atoms with E-state index in [1.807, 2.05) is 43.3 Å². The highest BCUT2D eigenvalue weighted by atomic mass is 35.5. The van der Waals surface area contributed by atoms with Gasteiger partial charge in [-0.25, -0.2) is 9.97 Å². The Morgan fingerprint density at radius 2 is 1.88 bits per heavy atom. The Morgan fingerprint density at radius 3 is 2.67 bits per heavy atom. The topological polar surface area (TPSA) is 66.9 Å². The smallest absolute Gasteiger partial charge is 0.274 e. The molecule has 0 spiro atoms. The number of hydrogen-bond donors (Lipinski definition) is 2. The maximum Gasteiger partial charge on any atom is 0.274 e. The van der Waals surface area contributed by atoms with Crippen molar-refractivity contribution in [3.63, 3.8) is 0 Å². The van der Waals surface area contributed by atoms with Crippen LogP contribution in [-0.2, 0) is 0 Å². The summed E-state index contributed by atoms with van der Waals surface area (Å²) in [7, 11) is 0. The molecule has 0 radical (unpaired) electrons. The van der Waals surface area contributed by atoms with Crippen molar-refractivity contribution >= 4 is 34.7 Å². The van der Waals surface area contributed by atoms with Crippen molar-refractivity contribution in [3.05, 3.63) is 77.2 Å². The number of rotatable bonds is 4. The average Bonchev–Trinajstić information content (AvgIpc) is 2.57. The minimum atomic E-state index is -0.291. The molecule has 0 aliphatic heterocycles. The quantitative estimate of drug-likeness (QED) is 0.738. The standard InChI is InChI=1S/C18H15ClN4O/c1-12-5-2-3-8-15(12)23-18(24)16-10-17(21-11-20-16)22-14-7-4-6-13(19)9-14/h2-11H,1H3,(H,23,24)(H,20,21,22).